The van der Waals surface area contributed by atoms with Gasteiger partial charge in [0.15, 0.2) is 0 Å². The molecular weight excluding hydrogens is 359 g/mol. The first-order valence-corrected chi connectivity index (χ1v) is 8.57. The van der Waals surface area contributed by atoms with Crippen LogP contribution in [0.15, 0.2) is 30.5 Å². The van der Waals surface area contributed by atoms with Crippen LogP contribution in [0.3, 0.4) is 0 Å². The molecule has 5 atom stereocenters. The number of nitrogens with zero attached hydrogens (tertiary/aromatic N) is 3. The van der Waals surface area contributed by atoms with Gasteiger partial charge in [0.05, 0.1) is 19.4 Å². The number of hydrogen-bond acceptors (Lipinski definition) is 8. The molecule has 1 aliphatic rings. The highest BCUT2D eigenvalue weighted by atomic mass is 19.1. The number of hydrogen-bond donors (Lipinski definition) is 4. The van der Waals surface area contributed by atoms with Crippen LogP contribution in [0.4, 0.5) is 4.39 Å². The maximum absolute atomic E-state index is 13.4. The summed E-state index contributed by atoms with van der Waals surface area (Å²) in [6, 6.07) is 4.96. The topological polar surface area (TPSA) is 122 Å². The summed E-state index contributed by atoms with van der Waals surface area (Å²) in [5, 5.41) is 41.7. The van der Waals surface area contributed by atoms with Gasteiger partial charge in [0.25, 0.3) is 0 Å². The molecule has 1 aromatic heterocycles. The van der Waals surface area contributed by atoms with Gasteiger partial charge in [-0.2, -0.15) is 0 Å². The summed E-state index contributed by atoms with van der Waals surface area (Å²) in [4.78, 5) is 0. The van der Waals surface area contributed by atoms with Crippen molar-refractivity contribution in [1.82, 2.24) is 20.3 Å². The van der Waals surface area contributed by atoms with Crippen LogP contribution in [0.1, 0.15) is 6.04 Å². The Morgan fingerprint density at radius 2 is 2.15 bits per heavy atom. The van der Waals surface area contributed by atoms with Crippen molar-refractivity contribution in [3.05, 3.63) is 36.3 Å². The van der Waals surface area contributed by atoms with Gasteiger partial charge in [-0.1, -0.05) is 17.3 Å². The molecule has 1 fully saturated rings. The van der Waals surface area contributed by atoms with Crippen LogP contribution < -0.4 is 5.32 Å². The first kappa shape index (κ1) is 19.8. The Kier molecular flexibility index (Phi) is 6.47. The molecule has 0 bridgehead atoms. The van der Waals surface area contributed by atoms with Gasteiger partial charge in [0, 0.05) is 19.2 Å². The number of ether oxygens (including phenoxy) is 2. The van der Waals surface area contributed by atoms with Crippen molar-refractivity contribution in [2.45, 2.75) is 30.6 Å². The fourth-order valence-electron chi connectivity index (χ4n) is 3.09. The van der Waals surface area contributed by atoms with E-state index in [9.17, 15) is 19.7 Å². The maximum Gasteiger partial charge on any atom is 0.137 e. The van der Waals surface area contributed by atoms with Crippen molar-refractivity contribution < 1.29 is 29.2 Å². The van der Waals surface area contributed by atoms with Crippen molar-refractivity contribution in [2.75, 3.05) is 26.9 Å². The standard InChI is InChI=1S/C17H23FN4O5/c1-26-6-5-19-17-16(25)14(15(24)13(9-23)27-17)22-8-12(20-21-22)10-3-2-4-11(18)7-10/h2-4,7-8,13-17,19,23-25H,5-6,9H2,1H3/t13?,14-,15?,16+,17+/m0/s1. The number of halogens is 1. The SMILES string of the molecule is COCCN[C@@H]1OC(CO)C(O)[C@H](n2cc(-c3cccc(F)c3)nn2)[C@H]1O. The highest BCUT2D eigenvalue weighted by molar-refractivity contribution is 5.57. The second kappa shape index (κ2) is 8.83. The van der Waals surface area contributed by atoms with Gasteiger partial charge in [0.2, 0.25) is 0 Å². The molecule has 0 saturated carbocycles. The second-order valence-corrected chi connectivity index (χ2v) is 6.29. The molecule has 2 unspecified atom stereocenters. The number of nitrogens with one attached hydrogen (secondary N) is 1. The minimum atomic E-state index is -1.22. The molecule has 148 valence electrons. The minimum Gasteiger partial charge on any atom is -0.394 e. The highest BCUT2D eigenvalue weighted by Gasteiger charge is 2.45. The lowest BCUT2D eigenvalue weighted by Crippen LogP contribution is -2.60. The summed E-state index contributed by atoms with van der Waals surface area (Å²) >= 11 is 0. The van der Waals surface area contributed by atoms with E-state index < -0.39 is 43.0 Å². The van der Waals surface area contributed by atoms with E-state index in [0.29, 0.717) is 24.4 Å². The Labute approximate surface area is 155 Å². The highest BCUT2D eigenvalue weighted by Crippen LogP contribution is 2.30. The van der Waals surface area contributed by atoms with Gasteiger partial charge in [-0.05, 0) is 12.1 Å². The fourth-order valence-corrected chi connectivity index (χ4v) is 3.09. The van der Waals surface area contributed by atoms with Crippen LogP contribution >= 0.6 is 0 Å². The summed E-state index contributed by atoms with van der Waals surface area (Å²) in [5.74, 6) is -0.407. The second-order valence-electron chi connectivity index (χ2n) is 6.29. The molecular formula is C17H23FN4O5. The molecule has 1 aliphatic heterocycles. The molecule has 27 heavy (non-hydrogen) atoms. The van der Waals surface area contributed by atoms with Crippen molar-refractivity contribution in [3.8, 4) is 11.3 Å². The normalized spacial score (nSPS) is 28.4. The molecule has 0 amide bonds. The summed E-state index contributed by atoms with van der Waals surface area (Å²) in [6.45, 7) is 0.375. The van der Waals surface area contributed by atoms with Crippen LogP contribution in [-0.2, 0) is 9.47 Å². The zero-order chi connectivity index (χ0) is 19.4. The number of methoxy groups -OCH3 is 1. The predicted molar refractivity (Wildman–Crippen MR) is 92.1 cm³/mol. The maximum atomic E-state index is 13.4. The summed E-state index contributed by atoms with van der Waals surface area (Å²) < 4.78 is 25.2. The third-order valence-corrected chi connectivity index (χ3v) is 4.48. The quantitative estimate of drug-likeness (QED) is 0.464. The molecule has 9 nitrogen and oxygen atoms in total. The minimum absolute atomic E-state index is 0.393. The zero-order valence-electron chi connectivity index (χ0n) is 14.8. The van der Waals surface area contributed by atoms with Gasteiger partial charge in [-0.25, -0.2) is 9.07 Å². The Bertz CT molecular complexity index is 746. The van der Waals surface area contributed by atoms with Gasteiger partial charge in [-0.3, -0.25) is 5.32 Å². The van der Waals surface area contributed by atoms with E-state index >= 15 is 0 Å². The van der Waals surface area contributed by atoms with Crippen LogP contribution in [0.25, 0.3) is 11.3 Å². The zero-order valence-corrected chi connectivity index (χ0v) is 14.8. The first-order chi connectivity index (χ1) is 13.0. The van der Waals surface area contributed by atoms with E-state index in [0.717, 1.165) is 0 Å². The predicted octanol–water partition coefficient (Wildman–Crippen LogP) is -0.700. The molecule has 0 radical (unpaired) electrons. The van der Waals surface area contributed by atoms with Gasteiger partial charge in [0.1, 0.15) is 42.1 Å². The smallest absolute Gasteiger partial charge is 0.137 e. The lowest BCUT2D eigenvalue weighted by molar-refractivity contribution is -0.214. The third-order valence-electron chi connectivity index (χ3n) is 4.48. The first-order valence-electron chi connectivity index (χ1n) is 8.57. The molecule has 10 heteroatoms. The summed E-state index contributed by atoms with van der Waals surface area (Å²) in [5.41, 5.74) is 0.913. The van der Waals surface area contributed by atoms with Crippen LogP contribution in [0.2, 0.25) is 0 Å². The lowest BCUT2D eigenvalue weighted by atomic mass is 9.95. The Morgan fingerprint density at radius 3 is 2.85 bits per heavy atom. The van der Waals surface area contributed by atoms with Crippen LogP contribution in [0, 0.1) is 5.82 Å². The van der Waals surface area contributed by atoms with Crippen molar-refractivity contribution in [3.63, 3.8) is 0 Å². The van der Waals surface area contributed by atoms with E-state index in [2.05, 4.69) is 15.6 Å². The van der Waals surface area contributed by atoms with E-state index in [1.807, 2.05) is 0 Å². The lowest BCUT2D eigenvalue weighted by Gasteiger charge is -2.42. The van der Waals surface area contributed by atoms with Crippen molar-refractivity contribution in [1.29, 1.82) is 0 Å². The molecule has 0 aliphatic carbocycles. The number of aliphatic hydroxyl groups excluding tert-OH is 3. The monoisotopic (exact) mass is 382 g/mol. The molecule has 0 spiro atoms. The van der Waals surface area contributed by atoms with Crippen LogP contribution in [-0.4, -0.2) is 81.7 Å². The number of aliphatic hydroxyl groups is 3. The van der Waals surface area contributed by atoms with E-state index in [1.54, 1.807) is 19.2 Å². The molecule has 1 saturated heterocycles. The van der Waals surface area contributed by atoms with Gasteiger partial charge >= 0.3 is 0 Å². The van der Waals surface area contributed by atoms with E-state index in [4.69, 9.17) is 9.47 Å². The fraction of sp³-hybridized carbons (Fsp3) is 0.529. The largest absolute Gasteiger partial charge is 0.394 e. The number of aromatic nitrogens is 3. The average molecular weight is 382 g/mol. The Hall–Kier alpha value is -1.95. The molecule has 2 aromatic rings. The van der Waals surface area contributed by atoms with Gasteiger partial charge in [-0.15, -0.1) is 5.10 Å². The molecule has 4 N–H and O–H groups in total. The van der Waals surface area contributed by atoms with E-state index in [1.165, 1.54) is 23.0 Å². The van der Waals surface area contributed by atoms with E-state index in [-0.39, 0.29) is 0 Å². The molecule has 1 aromatic carbocycles. The Balaban J connectivity index is 1.84. The third kappa shape index (κ3) is 4.32. The Morgan fingerprint density at radius 1 is 1.33 bits per heavy atom. The van der Waals surface area contributed by atoms with Gasteiger partial charge < -0.3 is 24.8 Å². The number of rotatable bonds is 7. The number of benzene rings is 1. The molecule has 2 heterocycles. The van der Waals surface area contributed by atoms with Crippen molar-refractivity contribution in [2.24, 2.45) is 0 Å². The van der Waals surface area contributed by atoms with Crippen LogP contribution in [0.5, 0.6) is 0 Å². The average Bonchev–Trinajstić information content (AvgIpc) is 3.13. The summed E-state index contributed by atoms with van der Waals surface area (Å²) in [6.07, 6.45) is -2.63. The van der Waals surface area contributed by atoms with Crippen molar-refractivity contribution >= 4 is 0 Å². The summed E-state index contributed by atoms with van der Waals surface area (Å²) in [7, 11) is 1.55. The molecule has 3 rings (SSSR count).